The summed E-state index contributed by atoms with van der Waals surface area (Å²) < 4.78 is 40.9. The Morgan fingerprint density at radius 1 is 1.40 bits per heavy atom. The predicted molar refractivity (Wildman–Crippen MR) is 75.5 cm³/mol. The summed E-state index contributed by atoms with van der Waals surface area (Å²) in [7, 11) is -4.58. The van der Waals surface area contributed by atoms with Crippen molar-refractivity contribution in [2.45, 2.75) is 59.2 Å². The first-order valence-corrected chi connectivity index (χ1v) is 7.87. The van der Waals surface area contributed by atoms with Gasteiger partial charge in [0.05, 0.1) is 5.60 Å². The van der Waals surface area contributed by atoms with E-state index >= 15 is 0 Å². The number of ether oxygens (including phenoxy) is 1. The summed E-state index contributed by atoms with van der Waals surface area (Å²) >= 11 is 0. The highest BCUT2D eigenvalue weighted by atomic mass is 32.3. The average molecular weight is 308 g/mol. The van der Waals surface area contributed by atoms with Gasteiger partial charge in [0.2, 0.25) is 0 Å². The Labute approximate surface area is 121 Å². The van der Waals surface area contributed by atoms with Crippen molar-refractivity contribution in [1.82, 2.24) is 0 Å². The van der Waals surface area contributed by atoms with Crippen LogP contribution in [0.5, 0.6) is 0 Å². The SMILES string of the molecule is C=C(C)C(=O)OC(CC)C(C)C(C)(CC)OS(=O)(=O)O. The highest BCUT2D eigenvalue weighted by Crippen LogP contribution is 2.32. The highest BCUT2D eigenvalue weighted by molar-refractivity contribution is 7.80. The third-order valence-electron chi connectivity index (χ3n) is 3.53. The lowest BCUT2D eigenvalue weighted by atomic mass is 9.83. The largest absolute Gasteiger partial charge is 0.459 e. The van der Waals surface area contributed by atoms with Gasteiger partial charge < -0.3 is 4.74 Å². The minimum atomic E-state index is -4.58. The molecule has 0 aromatic rings. The molecule has 0 radical (unpaired) electrons. The van der Waals surface area contributed by atoms with Crippen molar-refractivity contribution in [1.29, 1.82) is 0 Å². The van der Waals surface area contributed by atoms with Crippen LogP contribution in [0, 0.1) is 5.92 Å². The molecule has 0 spiro atoms. The van der Waals surface area contributed by atoms with Gasteiger partial charge in [0.1, 0.15) is 6.10 Å². The van der Waals surface area contributed by atoms with Crippen molar-refractivity contribution < 1.29 is 26.7 Å². The van der Waals surface area contributed by atoms with Crippen LogP contribution in [0.1, 0.15) is 47.5 Å². The first-order valence-electron chi connectivity index (χ1n) is 6.51. The lowest BCUT2D eigenvalue weighted by Crippen LogP contribution is -2.44. The molecule has 0 aliphatic rings. The van der Waals surface area contributed by atoms with E-state index in [-0.39, 0.29) is 5.57 Å². The van der Waals surface area contributed by atoms with Crippen molar-refractivity contribution in [3.63, 3.8) is 0 Å². The third kappa shape index (κ3) is 5.60. The van der Waals surface area contributed by atoms with Crippen molar-refractivity contribution >= 4 is 16.4 Å². The lowest BCUT2D eigenvalue weighted by molar-refractivity contribution is -0.151. The molecule has 3 unspecified atom stereocenters. The number of hydrogen-bond donors (Lipinski definition) is 1. The summed E-state index contributed by atoms with van der Waals surface area (Å²) in [6.07, 6.45) is 0.283. The van der Waals surface area contributed by atoms with Gasteiger partial charge in [0.25, 0.3) is 0 Å². The second kappa shape index (κ2) is 7.19. The van der Waals surface area contributed by atoms with Crippen LogP contribution in [0.2, 0.25) is 0 Å². The fourth-order valence-corrected chi connectivity index (χ4v) is 2.62. The smallest absolute Gasteiger partial charge is 0.397 e. The first kappa shape index (κ1) is 19.1. The minimum absolute atomic E-state index is 0.268. The van der Waals surface area contributed by atoms with E-state index in [0.717, 1.165) is 0 Å². The molecule has 0 aliphatic carbocycles. The van der Waals surface area contributed by atoms with E-state index in [0.29, 0.717) is 12.8 Å². The molecule has 1 N–H and O–H groups in total. The Balaban J connectivity index is 5.17. The molecule has 6 nitrogen and oxygen atoms in total. The molecule has 0 saturated carbocycles. The summed E-state index contributed by atoms with van der Waals surface area (Å²) in [5.74, 6) is -0.961. The molecule has 0 heterocycles. The second-order valence-corrected chi connectivity index (χ2v) is 6.12. The summed E-state index contributed by atoms with van der Waals surface area (Å²) in [6, 6.07) is 0. The van der Waals surface area contributed by atoms with E-state index in [4.69, 9.17) is 13.5 Å². The van der Waals surface area contributed by atoms with E-state index in [1.165, 1.54) is 6.92 Å². The third-order valence-corrected chi connectivity index (χ3v) is 4.12. The number of carbonyl (C=O) groups is 1. The molecule has 0 fully saturated rings. The normalized spacial score (nSPS) is 17.9. The zero-order valence-corrected chi connectivity index (χ0v) is 13.5. The number of carbonyl (C=O) groups excluding carboxylic acids is 1. The molecular formula is C13H24O6S. The summed E-state index contributed by atoms with van der Waals surface area (Å²) in [4.78, 5) is 11.6. The van der Waals surface area contributed by atoms with Crippen LogP contribution in [0.15, 0.2) is 12.2 Å². The Morgan fingerprint density at radius 3 is 2.20 bits per heavy atom. The summed E-state index contributed by atoms with van der Waals surface area (Å²) in [5, 5.41) is 0. The zero-order chi connectivity index (χ0) is 16.1. The standard InChI is InChI=1S/C13H24O6S/c1-7-11(18-12(14)9(3)4)10(5)13(6,8-2)19-20(15,16)17/h10-11H,3,7-8H2,1-2,4-6H3,(H,15,16,17). The van der Waals surface area contributed by atoms with Crippen LogP contribution in [0.3, 0.4) is 0 Å². The van der Waals surface area contributed by atoms with Crippen molar-refractivity contribution in [3.8, 4) is 0 Å². The van der Waals surface area contributed by atoms with Gasteiger partial charge in [-0.05, 0) is 26.7 Å². The molecule has 0 amide bonds. The van der Waals surface area contributed by atoms with Gasteiger partial charge in [-0.25, -0.2) is 8.98 Å². The molecule has 3 atom stereocenters. The van der Waals surface area contributed by atoms with Gasteiger partial charge in [0, 0.05) is 11.5 Å². The van der Waals surface area contributed by atoms with Gasteiger partial charge in [-0.2, -0.15) is 8.42 Å². The molecule has 20 heavy (non-hydrogen) atoms. The molecule has 118 valence electrons. The first-order chi connectivity index (χ1) is 8.96. The van der Waals surface area contributed by atoms with E-state index in [1.54, 1.807) is 20.8 Å². The van der Waals surface area contributed by atoms with Crippen molar-refractivity contribution in [3.05, 3.63) is 12.2 Å². The van der Waals surface area contributed by atoms with Gasteiger partial charge in [-0.15, -0.1) is 0 Å². The molecule has 0 aromatic carbocycles. The number of esters is 1. The van der Waals surface area contributed by atoms with Crippen molar-refractivity contribution in [2.24, 2.45) is 5.92 Å². The molecule has 0 aromatic heterocycles. The Hall–Kier alpha value is -0.920. The van der Waals surface area contributed by atoms with Gasteiger partial charge in [-0.3, -0.25) is 4.55 Å². The van der Waals surface area contributed by atoms with Crippen LogP contribution >= 0.6 is 0 Å². The molecular weight excluding hydrogens is 284 g/mol. The van der Waals surface area contributed by atoms with Crippen LogP contribution in [0.4, 0.5) is 0 Å². The Morgan fingerprint density at radius 2 is 1.90 bits per heavy atom. The van der Waals surface area contributed by atoms with Gasteiger partial charge >= 0.3 is 16.4 Å². The van der Waals surface area contributed by atoms with Gasteiger partial charge in [-0.1, -0.05) is 27.4 Å². The predicted octanol–water partition coefficient (Wildman–Crippen LogP) is 2.51. The fourth-order valence-electron chi connectivity index (χ4n) is 1.87. The maximum absolute atomic E-state index is 11.6. The zero-order valence-electron chi connectivity index (χ0n) is 12.7. The maximum Gasteiger partial charge on any atom is 0.397 e. The Bertz CT molecular complexity index is 455. The van der Waals surface area contributed by atoms with Crippen LogP contribution in [-0.2, 0) is 24.1 Å². The molecule has 0 aliphatic heterocycles. The van der Waals surface area contributed by atoms with E-state index in [9.17, 15) is 13.2 Å². The summed E-state index contributed by atoms with van der Waals surface area (Å²) in [5.41, 5.74) is -0.895. The molecule has 0 bridgehead atoms. The van der Waals surface area contributed by atoms with Crippen molar-refractivity contribution in [2.75, 3.05) is 0 Å². The second-order valence-electron chi connectivity index (χ2n) is 5.10. The summed E-state index contributed by atoms with van der Waals surface area (Å²) in [6.45, 7) is 11.9. The monoisotopic (exact) mass is 308 g/mol. The topological polar surface area (TPSA) is 89.9 Å². The Kier molecular flexibility index (Phi) is 6.86. The maximum atomic E-state index is 11.6. The molecule has 0 saturated heterocycles. The lowest BCUT2D eigenvalue weighted by Gasteiger charge is -2.37. The van der Waals surface area contributed by atoms with Crippen LogP contribution < -0.4 is 0 Å². The number of hydrogen-bond acceptors (Lipinski definition) is 5. The van der Waals surface area contributed by atoms with Gasteiger partial charge in [0.15, 0.2) is 0 Å². The quantitative estimate of drug-likeness (QED) is 0.421. The van der Waals surface area contributed by atoms with E-state index < -0.39 is 34.0 Å². The molecule has 0 rings (SSSR count). The number of rotatable bonds is 8. The van der Waals surface area contributed by atoms with Crippen LogP contribution in [-0.4, -0.2) is 30.6 Å². The fraction of sp³-hybridized carbons (Fsp3) is 0.769. The molecule has 7 heteroatoms. The minimum Gasteiger partial charge on any atom is -0.459 e. The average Bonchev–Trinajstić information content (AvgIpc) is 2.32. The highest BCUT2D eigenvalue weighted by Gasteiger charge is 2.40. The van der Waals surface area contributed by atoms with E-state index in [1.807, 2.05) is 6.92 Å². The van der Waals surface area contributed by atoms with Crippen LogP contribution in [0.25, 0.3) is 0 Å². The van der Waals surface area contributed by atoms with E-state index in [2.05, 4.69) is 6.58 Å².